The summed E-state index contributed by atoms with van der Waals surface area (Å²) in [5.74, 6) is -0.491. The number of carbonyl (C=O) groups is 1. The van der Waals surface area contributed by atoms with Crippen molar-refractivity contribution in [3.05, 3.63) is 70.3 Å². The van der Waals surface area contributed by atoms with Crippen molar-refractivity contribution in [2.75, 3.05) is 18.0 Å². The predicted molar refractivity (Wildman–Crippen MR) is 107 cm³/mol. The molecule has 0 fully saturated rings. The summed E-state index contributed by atoms with van der Waals surface area (Å²) in [5, 5.41) is 0. The lowest BCUT2D eigenvalue weighted by atomic mass is 9.83. The van der Waals surface area contributed by atoms with Gasteiger partial charge in [-0.2, -0.15) is 13.2 Å². The Kier molecular flexibility index (Phi) is 5.89. The van der Waals surface area contributed by atoms with Gasteiger partial charge in [-0.3, -0.25) is 4.79 Å². The summed E-state index contributed by atoms with van der Waals surface area (Å²) in [5.41, 5.74) is -0.296. The molecule has 3 rings (SSSR count). The second-order valence-electron chi connectivity index (χ2n) is 8.24. The number of nitrogens with zero attached hydrogens (tertiary/aromatic N) is 2. The van der Waals surface area contributed by atoms with Crippen LogP contribution in [0.1, 0.15) is 37.0 Å². The number of ketones is 1. The number of alkyl halides is 3. The zero-order valence-electron chi connectivity index (χ0n) is 16.8. The minimum Gasteiger partial charge on any atom is -0.370 e. The number of fused-ring (bicyclic) bond motifs is 1. The van der Waals surface area contributed by atoms with Crippen LogP contribution in [-0.2, 0) is 23.8 Å². The molecule has 0 spiro atoms. The van der Waals surface area contributed by atoms with E-state index in [9.17, 15) is 22.4 Å². The number of hydrogen-bond acceptors (Lipinski definition) is 2. The van der Waals surface area contributed by atoms with Crippen LogP contribution in [0.4, 0.5) is 28.9 Å². The van der Waals surface area contributed by atoms with Crippen LogP contribution in [0.5, 0.6) is 0 Å². The average molecular weight is 418 g/mol. The van der Waals surface area contributed by atoms with Gasteiger partial charge in [-0.15, -0.1) is 0 Å². The summed E-state index contributed by atoms with van der Waals surface area (Å²) in [6.45, 7) is 11.6. The molecule has 1 aliphatic heterocycles. The highest BCUT2D eigenvalue weighted by Gasteiger charge is 2.35. The molecule has 1 aliphatic rings. The Hall–Kier alpha value is -2.88. The van der Waals surface area contributed by atoms with Crippen molar-refractivity contribution < 1.29 is 22.4 Å². The molecule has 30 heavy (non-hydrogen) atoms. The van der Waals surface area contributed by atoms with Crippen molar-refractivity contribution >= 4 is 17.2 Å². The molecule has 2 aromatic carbocycles. The van der Waals surface area contributed by atoms with Crippen molar-refractivity contribution in [3.8, 4) is 0 Å². The molecule has 0 N–H and O–H groups in total. The zero-order valence-corrected chi connectivity index (χ0v) is 16.8. The molecule has 0 unspecified atom stereocenters. The average Bonchev–Trinajstić information content (AvgIpc) is 2.67. The lowest BCUT2D eigenvalue weighted by Crippen LogP contribution is -2.42. The molecule has 0 amide bonds. The standard InChI is InChI=1S/C23H22F4N2O/c1-22(2,14-29-10-4-5-16-13-17(24)7-9-20(16)29)21(30)12-15-6-8-19(28-3)18(11-15)23(25,26)27/h6-9,11,13H,4-5,10,12,14H2,1-2H3. The van der Waals surface area contributed by atoms with Gasteiger partial charge in [0.15, 0.2) is 5.69 Å². The van der Waals surface area contributed by atoms with Crippen molar-refractivity contribution in [2.45, 2.75) is 39.3 Å². The van der Waals surface area contributed by atoms with E-state index >= 15 is 0 Å². The van der Waals surface area contributed by atoms with Crippen LogP contribution in [-0.4, -0.2) is 18.9 Å². The van der Waals surface area contributed by atoms with Gasteiger partial charge >= 0.3 is 6.18 Å². The number of benzene rings is 2. The molecule has 0 radical (unpaired) electrons. The van der Waals surface area contributed by atoms with Gasteiger partial charge in [-0.25, -0.2) is 9.24 Å². The maximum atomic E-state index is 13.5. The molecule has 0 aromatic heterocycles. The number of halogens is 4. The van der Waals surface area contributed by atoms with E-state index in [0.717, 1.165) is 42.8 Å². The molecule has 3 nitrogen and oxygen atoms in total. The molecule has 0 bridgehead atoms. The lowest BCUT2D eigenvalue weighted by molar-refractivity contribution is -0.137. The number of carbonyl (C=O) groups excluding carboxylic acids is 1. The van der Waals surface area contributed by atoms with Crippen molar-refractivity contribution in [1.82, 2.24) is 0 Å². The summed E-state index contributed by atoms with van der Waals surface area (Å²) >= 11 is 0. The van der Waals surface area contributed by atoms with Gasteiger partial charge in [0.2, 0.25) is 0 Å². The van der Waals surface area contributed by atoms with Gasteiger partial charge < -0.3 is 4.90 Å². The van der Waals surface area contributed by atoms with Crippen LogP contribution in [0.2, 0.25) is 0 Å². The fraction of sp³-hybridized carbons (Fsp3) is 0.391. The van der Waals surface area contributed by atoms with E-state index < -0.39 is 22.8 Å². The van der Waals surface area contributed by atoms with Crippen LogP contribution in [0.25, 0.3) is 4.85 Å². The molecule has 0 aliphatic carbocycles. The molecular formula is C23H22F4N2O. The molecule has 0 saturated heterocycles. The second-order valence-corrected chi connectivity index (χ2v) is 8.24. The van der Waals surface area contributed by atoms with Crippen LogP contribution < -0.4 is 4.90 Å². The van der Waals surface area contributed by atoms with E-state index in [2.05, 4.69) is 4.85 Å². The van der Waals surface area contributed by atoms with Gasteiger partial charge in [0.25, 0.3) is 0 Å². The number of rotatable bonds is 5. The number of Topliss-reactive ketones (excluding diaryl/α,β-unsaturated/α-hetero) is 1. The first-order chi connectivity index (χ1) is 14.0. The highest BCUT2D eigenvalue weighted by atomic mass is 19.4. The highest BCUT2D eigenvalue weighted by Crippen LogP contribution is 2.37. The first-order valence-corrected chi connectivity index (χ1v) is 9.65. The van der Waals surface area contributed by atoms with Gasteiger partial charge in [0.05, 0.1) is 12.1 Å². The Balaban J connectivity index is 1.79. The molecule has 0 atom stereocenters. The summed E-state index contributed by atoms with van der Waals surface area (Å²) in [7, 11) is 0. The Bertz CT molecular complexity index is 1010. The third-order valence-corrected chi connectivity index (χ3v) is 5.45. The maximum absolute atomic E-state index is 13.5. The summed E-state index contributed by atoms with van der Waals surface area (Å²) in [4.78, 5) is 17.9. The number of aryl methyl sites for hydroxylation is 1. The molecule has 7 heteroatoms. The Labute approximate surface area is 173 Å². The Morgan fingerprint density at radius 1 is 1.17 bits per heavy atom. The van der Waals surface area contributed by atoms with Crippen LogP contribution in [0.3, 0.4) is 0 Å². The van der Waals surface area contributed by atoms with Crippen LogP contribution >= 0.6 is 0 Å². The van der Waals surface area contributed by atoms with Gasteiger partial charge in [-0.05, 0) is 42.2 Å². The molecular weight excluding hydrogens is 396 g/mol. The first kappa shape index (κ1) is 21.8. The van der Waals surface area contributed by atoms with Crippen LogP contribution in [0, 0.1) is 17.8 Å². The third kappa shape index (κ3) is 4.64. The van der Waals surface area contributed by atoms with Crippen molar-refractivity contribution in [3.63, 3.8) is 0 Å². The predicted octanol–water partition coefficient (Wildman–Crippen LogP) is 5.99. The fourth-order valence-electron chi connectivity index (χ4n) is 3.82. The van der Waals surface area contributed by atoms with E-state index in [1.165, 1.54) is 18.2 Å². The molecule has 0 saturated carbocycles. The smallest absolute Gasteiger partial charge is 0.370 e. The van der Waals surface area contributed by atoms with Crippen LogP contribution in [0.15, 0.2) is 36.4 Å². The van der Waals surface area contributed by atoms with Crippen molar-refractivity contribution in [1.29, 1.82) is 0 Å². The van der Waals surface area contributed by atoms with Crippen molar-refractivity contribution in [2.24, 2.45) is 5.41 Å². The normalized spacial score (nSPS) is 14.2. The molecule has 2 aromatic rings. The minimum absolute atomic E-state index is 0.154. The third-order valence-electron chi connectivity index (χ3n) is 5.45. The monoisotopic (exact) mass is 418 g/mol. The van der Waals surface area contributed by atoms with E-state index in [1.807, 2.05) is 4.90 Å². The number of hydrogen-bond donors (Lipinski definition) is 0. The zero-order chi connectivity index (χ0) is 22.1. The topological polar surface area (TPSA) is 24.7 Å². The van der Waals surface area contributed by atoms with E-state index in [1.54, 1.807) is 19.9 Å². The number of anilines is 1. The Morgan fingerprint density at radius 3 is 2.57 bits per heavy atom. The summed E-state index contributed by atoms with van der Waals surface area (Å²) in [6, 6.07) is 8.01. The quantitative estimate of drug-likeness (QED) is 0.440. The Morgan fingerprint density at radius 2 is 1.90 bits per heavy atom. The SMILES string of the molecule is [C-]#[N+]c1ccc(CC(=O)C(C)(C)CN2CCCc3cc(F)ccc32)cc1C(F)(F)F. The maximum Gasteiger partial charge on any atom is 0.407 e. The molecule has 1 heterocycles. The van der Waals surface area contributed by atoms with Gasteiger partial charge in [-0.1, -0.05) is 32.0 Å². The summed E-state index contributed by atoms with van der Waals surface area (Å²) < 4.78 is 53.1. The fourth-order valence-corrected chi connectivity index (χ4v) is 3.82. The second kappa shape index (κ2) is 8.10. The minimum atomic E-state index is -4.65. The van der Waals surface area contributed by atoms with Gasteiger partial charge in [0, 0.05) is 30.6 Å². The first-order valence-electron chi connectivity index (χ1n) is 9.65. The summed E-state index contributed by atoms with van der Waals surface area (Å²) in [6.07, 6.45) is -3.20. The highest BCUT2D eigenvalue weighted by molar-refractivity contribution is 5.87. The van der Waals surface area contributed by atoms with E-state index in [4.69, 9.17) is 6.57 Å². The largest absolute Gasteiger partial charge is 0.407 e. The lowest BCUT2D eigenvalue weighted by Gasteiger charge is -2.37. The van der Waals surface area contributed by atoms with Gasteiger partial charge in [0.1, 0.15) is 11.6 Å². The molecule has 158 valence electrons. The van der Waals surface area contributed by atoms with E-state index in [0.29, 0.717) is 6.54 Å². The van der Waals surface area contributed by atoms with E-state index in [-0.39, 0.29) is 23.6 Å².